The molecule has 0 spiro atoms. The fraction of sp³-hybridized carbons (Fsp3) is 0. The van der Waals surface area contributed by atoms with E-state index in [1.807, 2.05) is 0 Å². The predicted octanol–water partition coefficient (Wildman–Crippen LogP) is 3.46. The van der Waals surface area contributed by atoms with Gasteiger partial charge in [-0.25, -0.2) is 22.2 Å². The van der Waals surface area contributed by atoms with Crippen molar-refractivity contribution in [1.82, 2.24) is 4.98 Å². The Morgan fingerprint density at radius 2 is 1.71 bits per heavy atom. The Morgan fingerprint density at radius 1 is 1.00 bits per heavy atom. The van der Waals surface area contributed by atoms with Crippen LogP contribution < -0.4 is 5.73 Å². The lowest BCUT2D eigenvalue weighted by atomic mass is 10.1. The second-order valence-corrected chi connectivity index (χ2v) is 7.66. The number of halogens is 2. The van der Waals surface area contributed by atoms with Crippen molar-refractivity contribution in [3.05, 3.63) is 89.1 Å². The van der Waals surface area contributed by atoms with Crippen LogP contribution in [0.3, 0.4) is 0 Å². The second-order valence-electron chi connectivity index (χ2n) is 5.79. The largest absolute Gasteiger partial charge is 0.366 e. The molecule has 0 radical (unpaired) electrons. The molecule has 3 rings (SSSR count). The van der Waals surface area contributed by atoms with Gasteiger partial charge in [-0.05, 0) is 42.0 Å². The Hall–Kier alpha value is -3.39. The Labute approximate surface area is 160 Å². The van der Waals surface area contributed by atoms with E-state index < -0.39 is 32.4 Å². The molecular formula is C20H14F2N2O3S. The third kappa shape index (κ3) is 3.96. The average molecular weight is 400 g/mol. The van der Waals surface area contributed by atoms with E-state index in [0.29, 0.717) is 5.56 Å². The molecule has 0 saturated heterocycles. The summed E-state index contributed by atoms with van der Waals surface area (Å²) >= 11 is 0. The molecule has 1 aromatic heterocycles. The molecule has 0 fully saturated rings. The van der Waals surface area contributed by atoms with E-state index in [-0.39, 0.29) is 16.0 Å². The van der Waals surface area contributed by atoms with Gasteiger partial charge < -0.3 is 5.73 Å². The molecule has 1 heterocycles. The highest BCUT2D eigenvalue weighted by Crippen LogP contribution is 2.23. The lowest BCUT2D eigenvalue weighted by molar-refractivity contribution is 0.0996. The van der Waals surface area contributed by atoms with Crippen LogP contribution in [-0.2, 0) is 9.84 Å². The fourth-order valence-electron chi connectivity index (χ4n) is 2.48. The second kappa shape index (κ2) is 7.69. The van der Waals surface area contributed by atoms with Crippen molar-refractivity contribution in [3.63, 3.8) is 0 Å². The molecule has 2 aromatic carbocycles. The van der Waals surface area contributed by atoms with E-state index in [9.17, 15) is 22.0 Å². The third-order valence-electron chi connectivity index (χ3n) is 3.90. The maximum Gasteiger partial charge on any atom is 0.251 e. The van der Waals surface area contributed by atoms with Gasteiger partial charge in [-0.1, -0.05) is 24.3 Å². The molecule has 8 heteroatoms. The topological polar surface area (TPSA) is 90.1 Å². The van der Waals surface area contributed by atoms with Crippen LogP contribution in [-0.4, -0.2) is 19.3 Å². The molecule has 0 bridgehead atoms. The van der Waals surface area contributed by atoms with Crippen LogP contribution >= 0.6 is 0 Å². The molecule has 5 nitrogen and oxygen atoms in total. The number of pyridine rings is 1. The molecule has 0 aliphatic heterocycles. The zero-order valence-electron chi connectivity index (χ0n) is 14.3. The molecule has 2 N–H and O–H groups in total. The van der Waals surface area contributed by atoms with Crippen molar-refractivity contribution in [2.75, 3.05) is 0 Å². The molecule has 142 valence electrons. The summed E-state index contributed by atoms with van der Waals surface area (Å²) in [4.78, 5) is 15.2. The van der Waals surface area contributed by atoms with E-state index in [1.165, 1.54) is 54.7 Å². The fourth-order valence-corrected chi connectivity index (χ4v) is 3.86. The number of hydrogen-bond acceptors (Lipinski definition) is 4. The highest BCUT2D eigenvalue weighted by Gasteiger charge is 2.24. The number of rotatable bonds is 5. The number of carbonyl (C=O) groups excluding carboxylic acids is 1. The first kappa shape index (κ1) is 19.4. The SMILES string of the molecule is NC(=O)c1cccnc1S(=O)(=O)c1ccc(C=Cc2ccc(F)cc2F)cc1. The Kier molecular flexibility index (Phi) is 5.32. The Bertz CT molecular complexity index is 1170. The minimum absolute atomic E-state index is 0.0705. The van der Waals surface area contributed by atoms with Crippen LogP contribution in [0.2, 0.25) is 0 Å². The van der Waals surface area contributed by atoms with Gasteiger partial charge in [0.05, 0.1) is 10.5 Å². The highest BCUT2D eigenvalue weighted by molar-refractivity contribution is 7.91. The quantitative estimate of drug-likeness (QED) is 0.664. The first-order valence-corrected chi connectivity index (χ1v) is 9.50. The predicted molar refractivity (Wildman–Crippen MR) is 99.9 cm³/mol. The van der Waals surface area contributed by atoms with Crippen LogP contribution in [0.15, 0.2) is 70.7 Å². The molecule has 0 saturated carbocycles. The van der Waals surface area contributed by atoms with Gasteiger partial charge in [0.1, 0.15) is 11.6 Å². The van der Waals surface area contributed by atoms with Crippen molar-refractivity contribution >= 4 is 27.9 Å². The number of nitrogens with two attached hydrogens (primary N) is 1. The molecule has 28 heavy (non-hydrogen) atoms. The number of aromatic nitrogens is 1. The maximum absolute atomic E-state index is 13.6. The summed E-state index contributed by atoms with van der Waals surface area (Å²) in [5, 5.41) is -0.417. The van der Waals surface area contributed by atoms with Crippen molar-refractivity contribution in [3.8, 4) is 0 Å². The van der Waals surface area contributed by atoms with Gasteiger partial charge in [-0.15, -0.1) is 0 Å². The monoisotopic (exact) mass is 400 g/mol. The molecule has 0 aliphatic carbocycles. The Morgan fingerprint density at radius 3 is 2.36 bits per heavy atom. The number of primary amides is 1. The smallest absolute Gasteiger partial charge is 0.251 e. The molecule has 0 aliphatic rings. The van der Waals surface area contributed by atoms with Crippen LogP contribution in [0.4, 0.5) is 8.78 Å². The van der Waals surface area contributed by atoms with Crippen LogP contribution in [0.1, 0.15) is 21.5 Å². The van der Waals surface area contributed by atoms with Crippen LogP contribution in [0, 0.1) is 11.6 Å². The minimum atomic E-state index is -4.05. The standard InChI is InChI=1S/C20H14F2N2O3S/c21-15-8-7-14(18(22)12-15)6-3-13-4-9-16(10-5-13)28(26,27)20-17(19(23)25)2-1-11-24-20/h1-12H,(H2,23,25). The molecule has 3 aromatic rings. The van der Waals surface area contributed by atoms with Crippen molar-refractivity contribution in [1.29, 1.82) is 0 Å². The van der Waals surface area contributed by atoms with Gasteiger partial charge in [-0.3, -0.25) is 4.79 Å². The lowest BCUT2D eigenvalue weighted by Crippen LogP contribution is -2.17. The number of amides is 1. The average Bonchev–Trinajstić information content (AvgIpc) is 2.67. The number of carbonyl (C=O) groups is 1. The van der Waals surface area contributed by atoms with E-state index >= 15 is 0 Å². The van der Waals surface area contributed by atoms with Crippen molar-refractivity contribution in [2.45, 2.75) is 9.92 Å². The first-order chi connectivity index (χ1) is 13.3. The summed E-state index contributed by atoms with van der Waals surface area (Å²) in [7, 11) is -4.05. The van der Waals surface area contributed by atoms with E-state index in [2.05, 4.69) is 4.98 Å². The van der Waals surface area contributed by atoms with Gasteiger partial charge in [-0.2, -0.15) is 0 Å². The summed E-state index contributed by atoms with van der Waals surface area (Å²) in [5.74, 6) is -2.27. The first-order valence-electron chi connectivity index (χ1n) is 8.02. The van der Waals surface area contributed by atoms with E-state index in [0.717, 1.165) is 12.1 Å². The number of sulfone groups is 1. The van der Waals surface area contributed by atoms with Gasteiger partial charge >= 0.3 is 0 Å². The van der Waals surface area contributed by atoms with Crippen molar-refractivity contribution < 1.29 is 22.0 Å². The highest BCUT2D eigenvalue weighted by atomic mass is 32.2. The van der Waals surface area contributed by atoms with Gasteiger partial charge in [0.2, 0.25) is 9.84 Å². The number of hydrogen-bond donors (Lipinski definition) is 1. The van der Waals surface area contributed by atoms with Gasteiger partial charge in [0.15, 0.2) is 5.03 Å². The van der Waals surface area contributed by atoms with Crippen LogP contribution in [0.5, 0.6) is 0 Å². The zero-order chi connectivity index (χ0) is 20.3. The molecule has 0 atom stereocenters. The van der Waals surface area contributed by atoms with Crippen LogP contribution in [0.25, 0.3) is 12.2 Å². The molecule has 1 amide bonds. The van der Waals surface area contributed by atoms with E-state index in [1.54, 1.807) is 6.08 Å². The maximum atomic E-state index is 13.6. The van der Waals surface area contributed by atoms with Gasteiger partial charge in [0, 0.05) is 17.8 Å². The normalized spacial score (nSPS) is 11.6. The number of benzene rings is 2. The van der Waals surface area contributed by atoms with E-state index in [4.69, 9.17) is 5.73 Å². The summed E-state index contributed by atoms with van der Waals surface area (Å²) in [6, 6.07) is 11.6. The molecular weight excluding hydrogens is 386 g/mol. The summed E-state index contributed by atoms with van der Waals surface area (Å²) < 4.78 is 52.1. The minimum Gasteiger partial charge on any atom is -0.366 e. The zero-order valence-corrected chi connectivity index (χ0v) is 15.2. The van der Waals surface area contributed by atoms with Crippen molar-refractivity contribution in [2.24, 2.45) is 5.73 Å². The third-order valence-corrected chi connectivity index (χ3v) is 5.63. The summed E-state index contributed by atoms with van der Waals surface area (Å²) in [6.45, 7) is 0. The lowest BCUT2D eigenvalue weighted by Gasteiger charge is -2.07. The Balaban J connectivity index is 1.90. The summed E-state index contributed by atoms with van der Waals surface area (Å²) in [5.41, 5.74) is 5.82. The summed E-state index contributed by atoms with van der Waals surface area (Å²) in [6.07, 6.45) is 4.26. The van der Waals surface area contributed by atoms with Gasteiger partial charge in [0.25, 0.3) is 5.91 Å². The number of nitrogens with zero attached hydrogens (tertiary/aromatic N) is 1. The molecule has 0 unspecified atom stereocenters.